The highest BCUT2D eigenvalue weighted by Crippen LogP contribution is 2.29. The molecule has 0 aliphatic carbocycles. The first-order chi connectivity index (χ1) is 12.6. The first-order valence-electron chi connectivity index (χ1n) is 8.54. The maximum Gasteiger partial charge on any atom is 0.220 e. The molecule has 6 heteroatoms. The largest absolute Gasteiger partial charge is 0.493 e. The zero-order valence-electron chi connectivity index (χ0n) is 15.2. The van der Waals surface area contributed by atoms with Gasteiger partial charge in [-0.05, 0) is 43.2 Å². The molecule has 1 aromatic carbocycles. The number of hydrogen-bond donors (Lipinski definition) is 1. The summed E-state index contributed by atoms with van der Waals surface area (Å²) in [7, 11) is 3.20. The van der Waals surface area contributed by atoms with Gasteiger partial charge in [-0.25, -0.2) is 4.98 Å². The van der Waals surface area contributed by atoms with Crippen molar-refractivity contribution in [2.45, 2.75) is 25.8 Å². The van der Waals surface area contributed by atoms with E-state index in [-0.39, 0.29) is 11.9 Å². The van der Waals surface area contributed by atoms with Gasteiger partial charge in [0.2, 0.25) is 5.91 Å². The number of aryl methyl sites for hydroxylation is 1. The van der Waals surface area contributed by atoms with Gasteiger partial charge in [0.15, 0.2) is 11.5 Å². The predicted octanol–water partition coefficient (Wildman–Crippen LogP) is 3.16. The van der Waals surface area contributed by atoms with Crippen LogP contribution in [0.2, 0.25) is 0 Å². The quantitative estimate of drug-likeness (QED) is 0.709. The summed E-state index contributed by atoms with van der Waals surface area (Å²) in [6, 6.07) is 11.4. The Hall–Kier alpha value is -3.02. The smallest absolute Gasteiger partial charge is 0.220 e. The molecule has 136 valence electrons. The Morgan fingerprint density at radius 1 is 1.19 bits per heavy atom. The molecule has 0 aliphatic heterocycles. The molecule has 1 amide bonds. The summed E-state index contributed by atoms with van der Waals surface area (Å²) in [5.74, 6) is 1.31. The van der Waals surface area contributed by atoms with Crippen LogP contribution in [0.15, 0.2) is 48.8 Å². The number of carbonyl (C=O) groups is 1. The van der Waals surface area contributed by atoms with Gasteiger partial charge in [0.25, 0.3) is 0 Å². The number of aromatic nitrogens is 2. The van der Waals surface area contributed by atoms with Gasteiger partial charge in [0.05, 0.1) is 26.0 Å². The summed E-state index contributed by atoms with van der Waals surface area (Å²) < 4.78 is 12.5. The van der Waals surface area contributed by atoms with E-state index in [2.05, 4.69) is 10.3 Å². The van der Waals surface area contributed by atoms with Crippen LogP contribution in [0.5, 0.6) is 11.5 Å². The highest BCUT2D eigenvalue weighted by molar-refractivity contribution is 5.76. The molecular formula is C20H23N3O3. The molecule has 0 radical (unpaired) electrons. The van der Waals surface area contributed by atoms with Crippen LogP contribution in [-0.4, -0.2) is 29.5 Å². The first-order valence-corrected chi connectivity index (χ1v) is 8.54. The number of nitrogens with one attached hydrogen (secondary N) is 1. The van der Waals surface area contributed by atoms with Gasteiger partial charge >= 0.3 is 0 Å². The van der Waals surface area contributed by atoms with Crippen LogP contribution in [0.1, 0.15) is 30.6 Å². The molecule has 3 rings (SSSR count). The minimum absolute atomic E-state index is 0.00987. The van der Waals surface area contributed by atoms with Crippen molar-refractivity contribution in [1.29, 1.82) is 0 Å². The summed E-state index contributed by atoms with van der Waals surface area (Å²) in [4.78, 5) is 16.8. The highest BCUT2D eigenvalue weighted by Gasteiger charge is 2.13. The Labute approximate surface area is 152 Å². The number of methoxy groups -OCH3 is 2. The number of hydrogen-bond acceptors (Lipinski definition) is 4. The number of nitrogens with zero attached hydrogens (tertiary/aromatic N) is 2. The Bertz CT molecular complexity index is 871. The molecule has 26 heavy (non-hydrogen) atoms. The molecule has 1 N–H and O–H groups in total. The van der Waals surface area contributed by atoms with E-state index in [1.807, 2.05) is 60.1 Å². The van der Waals surface area contributed by atoms with Crippen LogP contribution < -0.4 is 14.8 Å². The molecule has 0 spiro atoms. The first kappa shape index (κ1) is 17.8. The van der Waals surface area contributed by atoms with E-state index in [9.17, 15) is 4.79 Å². The van der Waals surface area contributed by atoms with E-state index >= 15 is 0 Å². The average Bonchev–Trinajstić information content (AvgIpc) is 3.08. The maximum atomic E-state index is 12.3. The molecule has 2 heterocycles. The fraction of sp³-hybridized carbons (Fsp3) is 0.300. The van der Waals surface area contributed by atoms with Crippen molar-refractivity contribution in [2.75, 3.05) is 14.2 Å². The molecule has 0 fully saturated rings. The summed E-state index contributed by atoms with van der Waals surface area (Å²) in [6.45, 7) is 1.95. The van der Waals surface area contributed by atoms with Crippen LogP contribution in [0.25, 0.3) is 5.65 Å². The van der Waals surface area contributed by atoms with Crippen molar-refractivity contribution in [3.8, 4) is 11.5 Å². The summed E-state index contributed by atoms with van der Waals surface area (Å²) in [5.41, 5.74) is 2.76. The van der Waals surface area contributed by atoms with Gasteiger partial charge in [-0.15, -0.1) is 0 Å². The number of benzene rings is 1. The van der Waals surface area contributed by atoms with Crippen molar-refractivity contribution in [3.05, 3.63) is 60.0 Å². The normalized spacial score (nSPS) is 12.0. The van der Waals surface area contributed by atoms with Gasteiger partial charge in [-0.1, -0.05) is 12.1 Å². The lowest BCUT2D eigenvalue weighted by molar-refractivity contribution is -0.121. The topological polar surface area (TPSA) is 64.9 Å². The van der Waals surface area contributed by atoms with Crippen LogP contribution >= 0.6 is 0 Å². The van der Waals surface area contributed by atoms with Crippen LogP contribution in [0, 0.1) is 0 Å². The third kappa shape index (κ3) is 3.96. The lowest BCUT2D eigenvalue weighted by Crippen LogP contribution is -2.26. The van der Waals surface area contributed by atoms with Crippen molar-refractivity contribution >= 4 is 11.6 Å². The van der Waals surface area contributed by atoms with E-state index in [4.69, 9.17) is 9.47 Å². The Morgan fingerprint density at radius 3 is 2.73 bits per heavy atom. The number of rotatable bonds is 7. The van der Waals surface area contributed by atoms with Crippen molar-refractivity contribution in [1.82, 2.24) is 14.7 Å². The summed E-state index contributed by atoms with van der Waals surface area (Å²) in [5, 5.41) is 3.02. The maximum absolute atomic E-state index is 12.3. The number of pyridine rings is 1. The van der Waals surface area contributed by atoms with Crippen LogP contribution in [0.3, 0.4) is 0 Å². The molecule has 0 bridgehead atoms. The minimum atomic E-state index is -0.122. The second-order valence-corrected chi connectivity index (χ2v) is 6.10. The van der Waals surface area contributed by atoms with Gasteiger partial charge in [-0.3, -0.25) is 4.79 Å². The Morgan fingerprint density at radius 2 is 2.00 bits per heavy atom. The molecule has 0 aliphatic rings. The van der Waals surface area contributed by atoms with E-state index in [1.165, 1.54) is 0 Å². The SMILES string of the molecule is COc1ccc([C@@H](C)NC(=O)CCc2cn3ccccc3n2)cc1OC. The molecule has 1 atom stereocenters. The van der Waals surface area contributed by atoms with Crippen molar-refractivity contribution < 1.29 is 14.3 Å². The lowest BCUT2D eigenvalue weighted by Gasteiger charge is -2.16. The van der Waals surface area contributed by atoms with Gasteiger partial charge in [0, 0.05) is 18.8 Å². The Kier molecular flexibility index (Phi) is 5.41. The molecule has 2 aromatic heterocycles. The molecule has 0 saturated carbocycles. The zero-order chi connectivity index (χ0) is 18.5. The highest BCUT2D eigenvalue weighted by atomic mass is 16.5. The molecular weight excluding hydrogens is 330 g/mol. The predicted molar refractivity (Wildman–Crippen MR) is 99.6 cm³/mol. The zero-order valence-corrected chi connectivity index (χ0v) is 15.2. The monoisotopic (exact) mass is 353 g/mol. The van der Waals surface area contributed by atoms with E-state index < -0.39 is 0 Å². The van der Waals surface area contributed by atoms with Gasteiger partial charge in [0.1, 0.15) is 5.65 Å². The third-order valence-corrected chi connectivity index (χ3v) is 4.31. The fourth-order valence-electron chi connectivity index (χ4n) is 2.87. The number of amides is 1. The number of fused-ring (bicyclic) bond motifs is 1. The van der Waals surface area contributed by atoms with Crippen molar-refractivity contribution in [3.63, 3.8) is 0 Å². The van der Waals surface area contributed by atoms with E-state index in [0.29, 0.717) is 24.3 Å². The molecule has 3 aromatic rings. The van der Waals surface area contributed by atoms with Crippen LogP contribution in [0.4, 0.5) is 0 Å². The Balaban J connectivity index is 1.58. The summed E-state index contributed by atoms with van der Waals surface area (Å²) in [6.07, 6.45) is 4.90. The van der Waals surface area contributed by atoms with Gasteiger partial charge in [-0.2, -0.15) is 0 Å². The third-order valence-electron chi connectivity index (χ3n) is 4.31. The number of ether oxygens (including phenoxy) is 2. The van der Waals surface area contributed by atoms with E-state index in [0.717, 1.165) is 16.9 Å². The minimum Gasteiger partial charge on any atom is -0.493 e. The summed E-state index contributed by atoms with van der Waals surface area (Å²) >= 11 is 0. The standard InChI is InChI=1S/C20H23N3O3/c1-14(15-7-9-17(25-2)18(12-15)26-3)21-20(24)10-8-16-13-23-11-5-4-6-19(23)22-16/h4-7,9,11-14H,8,10H2,1-3H3,(H,21,24)/t14-/m1/s1. The molecule has 0 saturated heterocycles. The lowest BCUT2D eigenvalue weighted by atomic mass is 10.1. The molecule has 0 unspecified atom stereocenters. The fourth-order valence-corrected chi connectivity index (χ4v) is 2.87. The molecule has 6 nitrogen and oxygen atoms in total. The van der Waals surface area contributed by atoms with Crippen LogP contribution in [-0.2, 0) is 11.2 Å². The average molecular weight is 353 g/mol. The van der Waals surface area contributed by atoms with Crippen molar-refractivity contribution in [2.24, 2.45) is 0 Å². The van der Waals surface area contributed by atoms with Gasteiger partial charge < -0.3 is 19.2 Å². The van der Waals surface area contributed by atoms with E-state index in [1.54, 1.807) is 14.2 Å². The number of imidazole rings is 1. The second kappa shape index (κ2) is 7.91. The number of carbonyl (C=O) groups excluding carboxylic acids is 1. The second-order valence-electron chi connectivity index (χ2n) is 6.10.